The molecule has 0 unspecified atom stereocenters. The lowest BCUT2D eigenvalue weighted by Crippen LogP contribution is -2.54. The average molecular weight is 397 g/mol. The zero-order valence-corrected chi connectivity index (χ0v) is 16.5. The number of pyridine rings is 1. The van der Waals surface area contributed by atoms with Gasteiger partial charge in [-0.1, -0.05) is 23.7 Å². The van der Waals surface area contributed by atoms with Gasteiger partial charge >= 0.3 is 0 Å². The number of aromatic nitrogens is 1. The molecule has 0 spiro atoms. The third-order valence-corrected chi connectivity index (χ3v) is 7.05. The van der Waals surface area contributed by atoms with Gasteiger partial charge in [-0.2, -0.15) is 0 Å². The summed E-state index contributed by atoms with van der Waals surface area (Å²) >= 11 is 6.02. The molecule has 0 aliphatic heterocycles. The fourth-order valence-electron chi connectivity index (χ4n) is 6.02. The molecule has 5 nitrogen and oxygen atoms in total. The normalized spacial score (nSPS) is 30.2. The van der Waals surface area contributed by atoms with Crippen molar-refractivity contribution in [3.8, 4) is 0 Å². The number of nitrogens with two attached hydrogens (primary N) is 1. The van der Waals surface area contributed by atoms with Crippen molar-refractivity contribution in [1.29, 1.82) is 0 Å². The summed E-state index contributed by atoms with van der Waals surface area (Å²) in [6, 6.07) is 9.50. The minimum Gasteiger partial charge on any atom is -0.382 e. The first-order chi connectivity index (χ1) is 13.5. The van der Waals surface area contributed by atoms with E-state index < -0.39 is 0 Å². The Kier molecular flexibility index (Phi) is 4.23. The van der Waals surface area contributed by atoms with Crippen LogP contribution in [0.2, 0.25) is 5.02 Å². The lowest BCUT2D eigenvalue weighted by atomic mass is 9.53. The second-order valence-corrected chi connectivity index (χ2v) is 9.32. The molecule has 4 N–H and O–H groups in total. The van der Waals surface area contributed by atoms with E-state index in [4.69, 9.17) is 17.3 Å². The molecule has 2 aromatic rings. The number of nitrogens with zero attached hydrogens (tertiary/aromatic N) is 1. The van der Waals surface area contributed by atoms with Crippen LogP contribution in [-0.4, -0.2) is 16.4 Å². The van der Waals surface area contributed by atoms with E-state index in [9.17, 15) is 4.79 Å². The molecule has 146 valence electrons. The van der Waals surface area contributed by atoms with E-state index in [1.54, 1.807) is 6.07 Å². The lowest BCUT2D eigenvalue weighted by Gasteiger charge is -2.57. The van der Waals surface area contributed by atoms with Crippen LogP contribution in [0, 0.1) is 17.8 Å². The summed E-state index contributed by atoms with van der Waals surface area (Å²) in [6.07, 6.45) is 9.42. The van der Waals surface area contributed by atoms with Crippen LogP contribution in [0.4, 0.5) is 17.2 Å². The van der Waals surface area contributed by atoms with E-state index in [0.717, 1.165) is 29.1 Å². The summed E-state index contributed by atoms with van der Waals surface area (Å²) in [7, 11) is 0. The predicted octanol–water partition coefficient (Wildman–Crippen LogP) is 4.95. The average Bonchev–Trinajstić information content (AvgIpc) is 2.64. The van der Waals surface area contributed by atoms with Gasteiger partial charge in [0.05, 0.1) is 22.0 Å². The highest BCUT2D eigenvalue weighted by Gasteiger charge is 2.51. The number of rotatable bonds is 4. The van der Waals surface area contributed by atoms with Crippen molar-refractivity contribution in [2.24, 2.45) is 17.8 Å². The molecule has 1 amide bonds. The zero-order valence-electron chi connectivity index (χ0n) is 15.7. The van der Waals surface area contributed by atoms with Gasteiger partial charge in [-0.25, -0.2) is 4.98 Å². The van der Waals surface area contributed by atoms with Gasteiger partial charge in [0, 0.05) is 11.7 Å². The highest BCUT2D eigenvalue weighted by Crippen LogP contribution is 2.56. The Bertz CT molecular complexity index is 893. The topological polar surface area (TPSA) is 80.0 Å². The Labute approximate surface area is 170 Å². The summed E-state index contributed by atoms with van der Waals surface area (Å²) < 4.78 is 0. The quantitative estimate of drug-likeness (QED) is 0.683. The fraction of sp³-hybridized carbons (Fsp3) is 0.455. The molecule has 1 heterocycles. The molecule has 1 aromatic heterocycles. The van der Waals surface area contributed by atoms with Crippen LogP contribution in [0.5, 0.6) is 0 Å². The van der Waals surface area contributed by atoms with Gasteiger partial charge in [-0.15, -0.1) is 0 Å². The lowest BCUT2D eigenvalue weighted by molar-refractivity contribution is 0.0107. The van der Waals surface area contributed by atoms with Crippen molar-refractivity contribution in [3.63, 3.8) is 0 Å². The van der Waals surface area contributed by atoms with E-state index in [-0.39, 0.29) is 22.3 Å². The molecular formula is C22H25ClN4O. The summed E-state index contributed by atoms with van der Waals surface area (Å²) in [6.45, 7) is 0. The van der Waals surface area contributed by atoms with Crippen molar-refractivity contribution < 1.29 is 4.79 Å². The third-order valence-electron chi connectivity index (χ3n) is 6.75. The molecule has 4 fully saturated rings. The van der Waals surface area contributed by atoms with Gasteiger partial charge in [0.25, 0.3) is 5.91 Å². The monoisotopic (exact) mass is 396 g/mol. The van der Waals surface area contributed by atoms with Gasteiger partial charge in [-0.3, -0.25) is 4.79 Å². The Morgan fingerprint density at radius 1 is 1.07 bits per heavy atom. The highest BCUT2D eigenvalue weighted by atomic mass is 35.5. The Balaban J connectivity index is 1.37. The zero-order chi connectivity index (χ0) is 19.3. The first kappa shape index (κ1) is 17.8. The molecule has 28 heavy (non-hydrogen) atoms. The number of carbonyl (C=O) groups excluding carboxylic acids is 1. The van der Waals surface area contributed by atoms with Gasteiger partial charge < -0.3 is 16.4 Å². The molecule has 0 radical (unpaired) electrons. The first-order valence-corrected chi connectivity index (χ1v) is 10.5. The van der Waals surface area contributed by atoms with Crippen LogP contribution in [0.1, 0.15) is 48.9 Å². The molecule has 4 aliphatic rings. The largest absolute Gasteiger partial charge is 0.382 e. The maximum atomic E-state index is 12.7. The standard InChI is InChI=1S/C22H25ClN4O/c23-17-8-16(12-25-20(17)24)21(28)26-18-3-1-2-4-19(18)27-22-9-13-5-14(10-22)7-15(6-13)11-22/h1-4,8,12-15,27H,5-7,9-11H2,(H2,24,25)(H,26,28). The first-order valence-electron chi connectivity index (χ1n) is 10.1. The molecule has 0 atom stereocenters. The molecule has 6 heteroatoms. The Morgan fingerprint density at radius 3 is 2.29 bits per heavy atom. The molecule has 1 aromatic carbocycles. The van der Waals surface area contributed by atoms with Gasteiger partial charge in [0.2, 0.25) is 0 Å². The van der Waals surface area contributed by atoms with E-state index in [1.807, 2.05) is 18.2 Å². The minimum absolute atomic E-state index is 0.182. The van der Waals surface area contributed by atoms with E-state index in [2.05, 4.69) is 21.7 Å². The number of nitrogen functional groups attached to an aromatic ring is 1. The molecular weight excluding hydrogens is 372 g/mol. The van der Waals surface area contributed by atoms with Crippen LogP contribution in [-0.2, 0) is 0 Å². The van der Waals surface area contributed by atoms with Crippen molar-refractivity contribution in [2.75, 3.05) is 16.4 Å². The van der Waals surface area contributed by atoms with Gasteiger partial charge in [0.15, 0.2) is 0 Å². The maximum Gasteiger partial charge on any atom is 0.257 e. The summed E-state index contributed by atoms with van der Waals surface area (Å²) in [5.41, 5.74) is 8.00. The number of nitrogens with one attached hydrogen (secondary N) is 2. The molecule has 0 saturated heterocycles. The highest BCUT2D eigenvalue weighted by molar-refractivity contribution is 6.33. The predicted molar refractivity (Wildman–Crippen MR) is 113 cm³/mol. The summed E-state index contributed by atoms with van der Waals surface area (Å²) in [5, 5.41) is 7.16. The molecule has 6 rings (SSSR count). The van der Waals surface area contributed by atoms with E-state index in [0.29, 0.717) is 5.56 Å². The number of carbonyl (C=O) groups is 1. The summed E-state index contributed by atoms with van der Waals surface area (Å²) in [4.78, 5) is 16.7. The fourth-order valence-corrected chi connectivity index (χ4v) is 6.18. The van der Waals surface area contributed by atoms with Crippen molar-refractivity contribution >= 4 is 34.7 Å². The Hall–Kier alpha value is -2.27. The third kappa shape index (κ3) is 3.22. The Morgan fingerprint density at radius 2 is 1.68 bits per heavy atom. The maximum absolute atomic E-state index is 12.7. The van der Waals surface area contributed by atoms with E-state index in [1.165, 1.54) is 44.7 Å². The minimum atomic E-state index is -0.242. The molecule has 4 aliphatic carbocycles. The van der Waals surface area contributed by atoms with Crippen LogP contribution in [0.15, 0.2) is 36.5 Å². The molecule has 4 bridgehead atoms. The smallest absolute Gasteiger partial charge is 0.257 e. The van der Waals surface area contributed by atoms with Crippen LogP contribution >= 0.6 is 11.6 Å². The molecule has 4 saturated carbocycles. The number of hydrogen-bond donors (Lipinski definition) is 3. The number of amides is 1. The van der Waals surface area contributed by atoms with Crippen LogP contribution < -0.4 is 16.4 Å². The number of anilines is 3. The van der Waals surface area contributed by atoms with Crippen molar-refractivity contribution in [3.05, 3.63) is 47.1 Å². The second-order valence-electron chi connectivity index (χ2n) is 8.91. The van der Waals surface area contributed by atoms with Crippen molar-refractivity contribution in [1.82, 2.24) is 4.98 Å². The van der Waals surface area contributed by atoms with Crippen LogP contribution in [0.25, 0.3) is 0 Å². The van der Waals surface area contributed by atoms with Gasteiger partial charge in [0.1, 0.15) is 5.82 Å². The number of halogens is 1. The van der Waals surface area contributed by atoms with Gasteiger partial charge in [-0.05, 0) is 74.5 Å². The second kappa shape index (κ2) is 6.66. The number of benzene rings is 1. The van der Waals surface area contributed by atoms with Crippen LogP contribution in [0.3, 0.4) is 0 Å². The summed E-state index contributed by atoms with van der Waals surface area (Å²) in [5.74, 6) is 2.58. The number of hydrogen-bond acceptors (Lipinski definition) is 4. The SMILES string of the molecule is Nc1ncc(C(=O)Nc2ccccc2NC23CC4CC(CC(C4)C2)C3)cc1Cl. The number of para-hydroxylation sites is 2. The van der Waals surface area contributed by atoms with Crippen molar-refractivity contribution in [2.45, 2.75) is 44.1 Å². The van der Waals surface area contributed by atoms with E-state index >= 15 is 0 Å².